The van der Waals surface area contributed by atoms with Crippen LogP contribution in [0.3, 0.4) is 0 Å². The van der Waals surface area contributed by atoms with E-state index in [-0.39, 0.29) is 5.69 Å². The van der Waals surface area contributed by atoms with Crippen molar-refractivity contribution in [3.8, 4) is 5.88 Å². The summed E-state index contributed by atoms with van der Waals surface area (Å²) in [5.41, 5.74) is 0.842. The molecule has 0 atom stereocenters. The highest BCUT2D eigenvalue weighted by atomic mass is 16.6. The summed E-state index contributed by atoms with van der Waals surface area (Å²) in [5, 5.41) is 13.6. The Morgan fingerprint density at radius 1 is 1.37 bits per heavy atom. The summed E-state index contributed by atoms with van der Waals surface area (Å²) < 4.78 is 5.12. The number of hydrogen-bond acceptors (Lipinski definition) is 6. The number of hydrogen-bond donors (Lipinski definition) is 1. The number of nitrogens with one attached hydrogen (secondary N) is 1. The molecule has 7 heteroatoms. The Hall–Kier alpha value is -2.70. The van der Waals surface area contributed by atoms with Crippen LogP contribution >= 0.6 is 0 Å². The number of aromatic nitrogens is 2. The third kappa shape index (κ3) is 3.15. The van der Waals surface area contributed by atoms with Crippen LogP contribution in [0.2, 0.25) is 0 Å². The van der Waals surface area contributed by atoms with Gasteiger partial charge in [-0.15, -0.1) is 0 Å². The number of nitrogens with zero attached hydrogens (tertiary/aromatic N) is 3. The molecule has 0 bridgehead atoms. The van der Waals surface area contributed by atoms with E-state index in [1.54, 1.807) is 12.3 Å². The molecule has 2 aromatic heterocycles. The van der Waals surface area contributed by atoms with Crippen LogP contribution in [0.15, 0.2) is 36.7 Å². The maximum absolute atomic E-state index is 10.6. The summed E-state index contributed by atoms with van der Waals surface area (Å²) in [5.74, 6) is 0.945. The third-order valence-electron chi connectivity index (χ3n) is 2.46. The second-order valence-corrected chi connectivity index (χ2v) is 3.68. The molecule has 1 N–H and O–H groups in total. The van der Waals surface area contributed by atoms with Crippen LogP contribution in [0.25, 0.3) is 0 Å². The first kappa shape index (κ1) is 12.7. The molecule has 0 saturated heterocycles. The van der Waals surface area contributed by atoms with Gasteiger partial charge < -0.3 is 10.1 Å². The predicted molar refractivity (Wildman–Crippen MR) is 69.0 cm³/mol. The van der Waals surface area contributed by atoms with Crippen molar-refractivity contribution in [3.63, 3.8) is 0 Å². The molecule has 0 aliphatic carbocycles. The van der Waals surface area contributed by atoms with Crippen molar-refractivity contribution in [1.29, 1.82) is 0 Å². The second kappa shape index (κ2) is 5.76. The largest absolute Gasteiger partial charge is 0.481 e. The first-order chi connectivity index (χ1) is 9.20. The molecule has 0 radical (unpaired) electrons. The maximum Gasteiger partial charge on any atom is 0.274 e. The lowest BCUT2D eigenvalue weighted by molar-refractivity contribution is -0.384. The first-order valence-corrected chi connectivity index (χ1v) is 5.53. The van der Waals surface area contributed by atoms with Gasteiger partial charge in [-0.3, -0.25) is 10.1 Å². The van der Waals surface area contributed by atoms with Crippen LogP contribution in [0.5, 0.6) is 5.88 Å². The van der Waals surface area contributed by atoms with Crippen molar-refractivity contribution >= 4 is 11.5 Å². The monoisotopic (exact) mass is 260 g/mol. The summed E-state index contributed by atoms with van der Waals surface area (Å²) in [6.45, 7) is 0.422. The molecule has 2 rings (SSSR count). The van der Waals surface area contributed by atoms with Gasteiger partial charge in [-0.25, -0.2) is 9.97 Å². The molecule has 0 aliphatic heterocycles. The normalized spacial score (nSPS) is 9.95. The van der Waals surface area contributed by atoms with Gasteiger partial charge in [0.25, 0.3) is 5.69 Å². The number of pyridine rings is 2. The van der Waals surface area contributed by atoms with E-state index >= 15 is 0 Å². The Bertz CT molecular complexity index is 589. The van der Waals surface area contributed by atoms with Crippen molar-refractivity contribution in [3.05, 3.63) is 52.3 Å². The fourth-order valence-corrected chi connectivity index (χ4v) is 1.56. The molecule has 0 spiro atoms. The summed E-state index contributed by atoms with van der Waals surface area (Å²) in [6.07, 6.45) is 3.02. The van der Waals surface area contributed by atoms with E-state index in [1.807, 2.05) is 6.07 Å². The topological polar surface area (TPSA) is 90.2 Å². The molecule has 2 heterocycles. The van der Waals surface area contributed by atoms with Crippen LogP contribution in [0, 0.1) is 10.1 Å². The van der Waals surface area contributed by atoms with E-state index in [0.717, 1.165) is 5.56 Å². The number of ether oxygens (including phenoxy) is 1. The van der Waals surface area contributed by atoms with E-state index in [9.17, 15) is 10.1 Å². The number of rotatable bonds is 5. The summed E-state index contributed by atoms with van der Waals surface area (Å²) in [7, 11) is 1.54. The second-order valence-electron chi connectivity index (χ2n) is 3.68. The van der Waals surface area contributed by atoms with Gasteiger partial charge >= 0.3 is 0 Å². The molecule has 0 aromatic carbocycles. The van der Waals surface area contributed by atoms with Gasteiger partial charge in [-0.1, -0.05) is 6.07 Å². The summed E-state index contributed by atoms with van der Waals surface area (Å²) in [4.78, 5) is 18.3. The number of anilines is 1. The predicted octanol–water partition coefficient (Wildman–Crippen LogP) is 2.01. The van der Waals surface area contributed by atoms with Crippen LogP contribution < -0.4 is 10.1 Å². The Balaban J connectivity index is 2.10. The van der Waals surface area contributed by atoms with Crippen LogP contribution in [0.4, 0.5) is 11.5 Å². The quantitative estimate of drug-likeness (QED) is 0.653. The maximum atomic E-state index is 10.6. The molecule has 2 aromatic rings. The number of nitro groups is 1. The summed E-state index contributed by atoms with van der Waals surface area (Å²) >= 11 is 0. The van der Waals surface area contributed by atoms with Gasteiger partial charge in [-0.05, 0) is 6.07 Å². The van der Waals surface area contributed by atoms with Crippen molar-refractivity contribution < 1.29 is 9.66 Å². The van der Waals surface area contributed by atoms with E-state index in [4.69, 9.17) is 4.74 Å². The molecule has 7 nitrogen and oxygen atoms in total. The van der Waals surface area contributed by atoms with Gasteiger partial charge in [0.1, 0.15) is 5.82 Å². The zero-order valence-electron chi connectivity index (χ0n) is 10.2. The minimum Gasteiger partial charge on any atom is -0.481 e. The molecule has 98 valence electrons. The van der Waals surface area contributed by atoms with Crippen molar-refractivity contribution in [2.75, 3.05) is 12.4 Å². The molecular weight excluding hydrogens is 248 g/mol. The van der Waals surface area contributed by atoms with Gasteiger partial charge in [0.2, 0.25) is 5.88 Å². The lowest BCUT2D eigenvalue weighted by Gasteiger charge is -2.08. The standard InChI is InChI=1S/C12H12N4O3/c1-19-12-9(3-2-5-14-12)8-15-11-7-10(16(17)18)4-6-13-11/h2-7H,8H2,1H3,(H,13,15). The average molecular weight is 260 g/mol. The SMILES string of the molecule is COc1ncccc1CNc1cc([N+](=O)[O-])ccn1. The summed E-state index contributed by atoms with van der Waals surface area (Å²) in [6, 6.07) is 6.37. The van der Waals surface area contributed by atoms with Gasteiger partial charge in [-0.2, -0.15) is 0 Å². The van der Waals surface area contributed by atoms with Crippen molar-refractivity contribution in [2.45, 2.75) is 6.54 Å². The van der Waals surface area contributed by atoms with Gasteiger partial charge in [0.15, 0.2) is 0 Å². The smallest absolute Gasteiger partial charge is 0.274 e. The molecule has 0 saturated carbocycles. The van der Waals surface area contributed by atoms with Gasteiger partial charge in [0.05, 0.1) is 18.1 Å². The Morgan fingerprint density at radius 3 is 2.95 bits per heavy atom. The molecule has 0 amide bonds. The fourth-order valence-electron chi connectivity index (χ4n) is 1.56. The van der Waals surface area contributed by atoms with E-state index in [2.05, 4.69) is 15.3 Å². The first-order valence-electron chi connectivity index (χ1n) is 5.53. The molecule has 0 aliphatic rings. The lowest BCUT2D eigenvalue weighted by atomic mass is 10.2. The van der Waals surface area contributed by atoms with E-state index < -0.39 is 4.92 Å². The van der Waals surface area contributed by atoms with Gasteiger partial charge in [0, 0.05) is 30.6 Å². The highest BCUT2D eigenvalue weighted by Crippen LogP contribution is 2.17. The van der Waals surface area contributed by atoms with Crippen molar-refractivity contribution in [2.24, 2.45) is 0 Å². The molecule has 19 heavy (non-hydrogen) atoms. The average Bonchev–Trinajstić information content (AvgIpc) is 2.45. The van der Waals surface area contributed by atoms with Crippen LogP contribution in [0.1, 0.15) is 5.56 Å². The Labute approximate surface area is 109 Å². The van der Waals surface area contributed by atoms with E-state index in [0.29, 0.717) is 18.2 Å². The zero-order chi connectivity index (χ0) is 13.7. The highest BCUT2D eigenvalue weighted by Gasteiger charge is 2.07. The van der Waals surface area contributed by atoms with Crippen LogP contribution in [-0.2, 0) is 6.54 Å². The highest BCUT2D eigenvalue weighted by molar-refractivity contribution is 5.45. The van der Waals surface area contributed by atoms with E-state index in [1.165, 1.54) is 25.4 Å². The minimum atomic E-state index is -0.461. The minimum absolute atomic E-state index is 0.00403. The molecule has 0 unspecified atom stereocenters. The van der Waals surface area contributed by atoms with Crippen LogP contribution in [-0.4, -0.2) is 22.0 Å². The Morgan fingerprint density at radius 2 is 2.21 bits per heavy atom. The van der Waals surface area contributed by atoms with Crippen molar-refractivity contribution in [1.82, 2.24) is 9.97 Å². The third-order valence-corrected chi connectivity index (χ3v) is 2.46. The zero-order valence-corrected chi connectivity index (χ0v) is 10.2. The Kier molecular flexibility index (Phi) is 3.87. The molecule has 0 fully saturated rings. The number of methoxy groups -OCH3 is 1. The fraction of sp³-hybridized carbons (Fsp3) is 0.167. The lowest BCUT2D eigenvalue weighted by Crippen LogP contribution is -2.04. The molecular formula is C12H12N4O3.